The molecule has 6 nitrogen and oxygen atoms in total. The zero-order chi connectivity index (χ0) is 20.9. The average molecular weight is 402 g/mol. The van der Waals surface area contributed by atoms with Crippen molar-refractivity contribution in [2.24, 2.45) is 0 Å². The van der Waals surface area contributed by atoms with Gasteiger partial charge in [0.15, 0.2) is 0 Å². The predicted molar refractivity (Wildman–Crippen MR) is 80.8 cm³/mol. The molecule has 0 spiro atoms. The van der Waals surface area contributed by atoms with E-state index in [9.17, 15) is 35.9 Å². The summed E-state index contributed by atoms with van der Waals surface area (Å²) in [6.07, 6.45) is -10.9. The van der Waals surface area contributed by atoms with Crippen LogP contribution in [0.1, 0.15) is 12.5 Å². The number of esters is 1. The number of hydrogen-bond acceptors (Lipinski definition) is 4. The van der Waals surface area contributed by atoms with Crippen LogP contribution in [0.2, 0.25) is 0 Å². The van der Waals surface area contributed by atoms with Crippen molar-refractivity contribution < 1.29 is 45.4 Å². The van der Waals surface area contributed by atoms with Gasteiger partial charge in [0.25, 0.3) is 0 Å². The van der Waals surface area contributed by atoms with Crippen LogP contribution in [0.15, 0.2) is 24.3 Å². The average Bonchev–Trinajstić information content (AvgIpc) is 2.51. The van der Waals surface area contributed by atoms with Gasteiger partial charge in [0, 0.05) is 5.69 Å². The number of nitrogens with one attached hydrogen (secondary N) is 2. The molecule has 0 aliphatic carbocycles. The first kappa shape index (κ1) is 22.5. The van der Waals surface area contributed by atoms with Gasteiger partial charge in [-0.05, 0) is 25.5 Å². The number of halogens is 6. The fourth-order valence-corrected chi connectivity index (χ4v) is 1.86. The predicted octanol–water partition coefficient (Wildman–Crippen LogP) is 3.52. The van der Waals surface area contributed by atoms with Gasteiger partial charge in [0.2, 0.25) is 0 Å². The fourth-order valence-electron chi connectivity index (χ4n) is 1.86. The van der Waals surface area contributed by atoms with Crippen LogP contribution >= 0.6 is 0 Å². The third kappa shape index (κ3) is 6.01. The molecule has 27 heavy (non-hydrogen) atoms. The number of ether oxygens (including phenoxy) is 2. The topological polar surface area (TPSA) is 76.7 Å². The quantitative estimate of drug-likeness (QED) is 0.434. The smallest absolute Gasteiger partial charge is 0.448 e. The lowest BCUT2D eigenvalue weighted by atomic mass is 10.2. The molecule has 0 aromatic heterocycles. The molecule has 0 saturated carbocycles. The molecule has 1 atom stereocenters. The normalized spacial score (nSPS) is 14.2. The highest BCUT2D eigenvalue weighted by Gasteiger charge is 2.66. The van der Waals surface area contributed by atoms with Gasteiger partial charge in [-0.15, -0.1) is 0 Å². The lowest BCUT2D eigenvalue weighted by molar-refractivity contribution is -0.305. The van der Waals surface area contributed by atoms with E-state index in [0.29, 0.717) is 5.56 Å². The number of rotatable bonds is 6. The molecular formula is C15H16F6N2O4. The number of carbonyl (C=O) groups excluding carboxylic acids is 2. The van der Waals surface area contributed by atoms with Crippen molar-refractivity contribution in [3.8, 4) is 0 Å². The summed E-state index contributed by atoms with van der Waals surface area (Å²) in [4.78, 5) is 23.8. The first-order valence-corrected chi connectivity index (χ1v) is 7.42. The monoisotopic (exact) mass is 402 g/mol. The number of hydrogen-bond donors (Lipinski definition) is 2. The van der Waals surface area contributed by atoms with Gasteiger partial charge in [-0.2, -0.15) is 26.3 Å². The molecule has 0 aliphatic heterocycles. The summed E-state index contributed by atoms with van der Waals surface area (Å²) in [5, 5.41) is 3.14. The molecule has 0 saturated heterocycles. The molecule has 0 aliphatic rings. The zero-order valence-corrected chi connectivity index (χ0v) is 14.1. The van der Waals surface area contributed by atoms with Gasteiger partial charge in [-0.1, -0.05) is 18.2 Å². The second kappa shape index (κ2) is 8.46. The van der Waals surface area contributed by atoms with Gasteiger partial charge in [-0.3, -0.25) is 5.32 Å². The molecule has 2 amide bonds. The number of aryl methyl sites for hydroxylation is 1. The van der Waals surface area contributed by atoms with Gasteiger partial charge in [0.1, 0.15) is 6.61 Å². The molecule has 0 radical (unpaired) electrons. The molecule has 0 unspecified atom stereocenters. The molecule has 0 fully saturated rings. The molecule has 1 rings (SSSR count). The van der Waals surface area contributed by atoms with Crippen molar-refractivity contribution in [3.63, 3.8) is 0 Å². The largest absolute Gasteiger partial charge is 0.462 e. The van der Waals surface area contributed by atoms with E-state index in [2.05, 4.69) is 9.47 Å². The van der Waals surface area contributed by atoms with Crippen molar-refractivity contribution in [1.29, 1.82) is 0 Å². The van der Waals surface area contributed by atoms with Crippen molar-refractivity contribution in [3.05, 3.63) is 29.8 Å². The number of alkyl halides is 6. The maximum atomic E-state index is 13.5. The molecule has 1 aromatic rings. The molecule has 152 valence electrons. The third-order valence-corrected chi connectivity index (χ3v) is 3.10. The van der Waals surface area contributed by atoms with Crippen LogP contribution in [-0.4, -0.2) is 43.3 Å². The maximum Gasteiger partial charge on any atom is 0.448 e. The van der Waals surface area contributed by atoms with Crippen LogP contribution in [0.3, 0.4) is 0 Å². The Kier molecular flexibility index (Phi) is 7.06. The summed E-state index contributed by atoms with van der Waals surface area (Å²) >= 11 is 0. The van der Waals surface area contributed by atoms with Gasteiger partial charge in [0.05, 0.1) is 6.61 Å². The number of para-hydroxylation sites is 1. The Hall–Kier alpha value is -2.50. The fraction of sp³-hybridized carbons (Fsp3) is 0.467. The summed E-state index contributed by atoms with van der Waals surface area (Å²) in [7, 11) is 0. The zero-order valence-electron chi connectivity index (χ0n) is 14.1. The van der Waals surface area contributed by atoms with Gasteiger partial charge in [-0.25, -0.2) is 9.59 Å². The van der Waals surface area contributed by atoms with E-state index in [1.54, 1.807) is 6.07 Å². The number of carbonyl (C=O) groups is 2. The Bertz CT molecular complexity index is 677. The van der Waals surface area contributed by atoms with E-state index in [0.717, 1.165) is 12.2 Å². The van der Waals surface area contributed by atoms with E-state index >= 15 is 0 Å². The molecule has 0 bridgehead atoms. The summed E-state index contributed by atoms with van der Waals surface area (Å²) in [6.45, 7) is -0.378. The summed E-state index contributed by atoms with van der Waals surface area (Å²) in [6, 6.07) is 4.30. The van der Waals surface area contributed by atoms with Crippen molar-refractivity contribution >= 4 is 17.7 Å². The minimum atomic E-state index is -5.74. The van der Waals surface area contributed by atoms with Crippen LogP contribution in [0.25, 0.3) is 0 Å². The van der Waals surface area contributed by atoms with Crippen molar-refractivity contribution in [1.82, 2.24) is 5.32 Å². The number of amides is 2. The molecule has 1 aromatic carbocycles. The second-order valence-corrected chi connectivity index (χ2v) is 5.20. The standard InChI is InChI=1S/C15H16F6N2O4/c1-3-26-11(24)14(15(19,20)21,27-8-13(16,17)18)23-12(25)22-10-7-5-4-6-9(10)2/h4-7H,3,8H2,1-2H3,(H2,22,23,25)/t14-/m0/s1. The van der Waals surface area contributed by atoms with E-state index in [4.69, 9.17) is 0 Å². The third-order valence-electron chi connectivity index (χ3n) is 3.10. The number of anilines is 1. The highest BCUT2D eigenvalue weighted by molar-refractivity contribution is 5.94. The first-order valence-electron chi connectivity index (χ1n) is 7.42. The van der Waals surface area contributed by atoms with Crippen LogP contribution in [-0.2, 0) is 14.3 Å². The minimum Gasteiger partial charge on any atom is -0.462 e. The SMILES string of the molecule is CCOC(=O)[C@](NC(=O)Nc1ccccc1C)(OCC(F)(F)F)C(F)(F)F. The van der Waals surface area contributed by atoms with Crippen molar-refractivity contribution in [2.45, 2.75) is 31.9 Å². The van der Waals surface area contributed by atoms with Gasteiger partial charge < -0.3 is 14.8 Å². The Morgan fingerprint density at radius 1 is 1.07 bits per heavy atom. The minimum absolute atomic E-state index is 0.0748. The number of benzene rings is 1. The number of urea groups is 1. The first-order chi connectivity index (χ1) is 12.3. The van der Waals surface area contributed by atoms with Gasteiger partial charge >= 0.3 is 30.1 Å². The molecule has 2 N–H and O–H groups in total. The van der Waals surface area contributed by atoms with E-state index in [1.807, 2.05) is 5.32 Å². The molecule has 12 heteroatoms. The lowest BCUT2D eigenvalue weighted by Crippen LogP contribution is -2.67. The maximum absolute atomic E-state index is 13.5. The van der Waals surface area contributed by atoms with Crippen LogP contribution in [0.5, 0.6) is 0 Å². The van der Waals surface area contributed by atoms with Crippen LogP contribution in [0.4, 0.5) is 36.8 Å². The Morgan fingerprint density at radius 3 is 2.15 bits per heavy atom. The Morgan fingerprint density at radius 2 is 1.67 bits per heavy atom. The highest BCUT2D eigenvalue weighted by atomic mass is 19.4. The van der Waals surface area contributed by atoms with E-state index < -0.39 is 43.3 Å². The second-order valence-electron chi connectivity index (χ2n) is 5.20. The Labute approximate surface area is 149 Å². The van der Waals surface area contributed by atoms with E-state index in [1.165, 1.54) is 25.1 Å². The molecule has 0 heterocycles. The van der Waals surface area contributed by atoms with Crippen LogP contribution in [0, 0.1) is 6.92 Å². The highest BCUT2D eigenvalue weighted by Crippen LogP contribution is 2.34. The Balaban J connectivity index is 3.19. The van der Waals surface area contributed by atoms with Crippen molar-refractivity contribution in [2.75, 3.05) is 18.5 Å². The lowest BCUT2D eigenvalue weighted by Gasteiger charge is -2.33. The summed E-state index contributed by atoms with van der Waals surface area (Å²) in [5.74, 6) is -2.23. The summed E-state index contributed by atoms with van der Waals surface area (Å²) in [5.41, 5.74) is -3.81. The molecular weight excluding hydrogens is 386 g/mol. The van der Waals surface area contributed by atoms with E-state index in [-0.39, 0.29) is 5.69 Å². The summed E-state index contributed by atoms with van der Waals surface area (Å²) < 4.78 is 85.6. The van der Waals surface area contributed by atoms with Crippen LogP contribution < -0.4 is 10.6 Å².